The highest BCUT2D eigenvalue weighted by Gasteiger charge is 2.54. The predicted octanol–water partition coefficient (Wildman–Crippen LogP) is 8.54. The molecule has 2 aliphatic rings. The average molecular weight is 884 g/mol. The van der Waals surface area contributed by atoms with E-state index < -0.39 is 17.8 Å². The predicted molar refractivity (Wildman–Crippen MR) is 260 cm³/mol. The summed E-state index contributed by atoms with van der Waals surface area (Å²) in [7, 11) is 9.83. The van der Waals surface area contributed by atoms with Crippen LogP contribution in [-0.2, 0) is 10.3 Å². The second-order valence-corrected chi connectivity index (χ2v) is 17.2. The molecule has 1 spiro atoms. The summed E-state index contributed by atoms with van der Waals surface area (Å²) in [6.45, 7) is 2.73. The Morgan fingerprint density at radius 2 is 1.36 bits per heavy atom. The zero-order valence-corrected chi connectivity index (χ0v) is 37.7. The molecule has 0 radical (unpaired) electrons. The lowest BCUT2D eigenvalue weighted by atomic mass is 9.77. The zero-order chi connectivity index (χ0) is 45.5. The lowest BCUT2D eigenvalue weighted by molar-refractivity contribution is 0.0221. The molecule has 14 nitrogen and oxygen atoms in total. The van der Waals surface area contributed by atoms with Crippen LogP contribution in [0.2, 0.25) is 0 Å². The molecule has 8 aromatic rings. The maximum atomic E-state index is 14.0. The van der Waals surface area contributed by atoms with Crippen molar-refractivity contribution in [2.45, 2.75) is 24.7 Å². The summed E-state index contributed by atoms with van der Waals surface area (Å²) in [5.41, 5.74) is 10.3. The van der Waals surface area contributed by atoms with E-state index in [0.29, 0.717) is 41.3 Å². The molecule has 0 fully saturated rings. The highest BCUT2D eigenvalue weighted by atomic mass is 16.6. The second kappa shape index (κ2) is 17.5. The third-order valence-corrected chi connectivity index (χ3v) is 12.4. The van der Waals surface area contributed by atoms with Gasteiger partial charge in [-0.1, -0.05) is 18.2 Å². The van der Waals surface area contributed by atoms with Crippen molar-refractivity contribution in [3.63, 3.8) is 0 Å². The number of hydrogen-bond acceptors (Lipinski definition) is 12. The summed E-state index contributed by atoms with van der Waals surface area (Å²) in [5, 5.41) is 21.3. The van der Waals surface area contributed by atoms with Gasteiger partial charge in [0.2, 0.25) is 0 Å². The molecular weight excluding hydrogens is 831 g/mol. The fourth-order valence-electron chi connectivity index (χ4n) is 8.91. The number of H-pyrrole nitrogens is 2. The lowest BCUT2D eigenvalue weighted by Gasteiger charge is -2.37. The van der Waals surface area contributed by atoms with E-state index in [1.165, 1.54) is 0 Å². The van der Waals surface area contributed by atoms with Gasteiger partial charge < -0.3 is 49.7 Å². The van der Waals surface area contributed by atoms with Gasteiger partial charge >= 0.3 is 5.97 Å². The van der Waals surface area contributed by atoms with Gasteiger partial charge in [-0.05, 0) is 111 Å². The third-order valence-electron chi connectivity index (χ3n) is 12.4. The first-order valence-corrected chi connectivity index (χ1v) is 22.3. The number of aliphatic hydroxyl groups is 1. The maximum absolute atomic E-state index is 14.0. The van der Waals surface area contributed by atoms with Crippen LogP contribution in [-0.4, -0.2) is 92.5 Å². The number of esters is 1. The molecule has 0 saturated heterocycles. The first-order chi connectivity index (χ1) is 32.1. The van der Waals surface area contributed by atoms with Gasteiger partial charge in [0.1, 0.15) is 35.1 Å². The van der Waals surface area contributed by atoms with Gasteiger partial charge in [0, 0.05) is 104 Å². The minimum Gasteiger partial charge on any atom is -0.494 e. The number of unbranched alkanes of at least 4 members (excludes halogenated alkanes) is 1. The number of benzene rings is 6. The Balaban J connectivity index is 0.762. The van der Waals surface area contributed by atoms with Crippen LogP contribution >= 0.6 is 0 Å². The van der Waals surface area contributed by atoms with Crippen LogP contribution in [0.3, 0.4) is 0 Å². The summed E-state index contributed by atoms with van der Waals surface area (Å²) in [5.74, 6) is 3.05. The van der Waals surface area contributed by atoms with Crippen molar-refractivity contribution in [2.24, 2.45) is 0 Å². The van der Waals surface area contributed by atoms with Crippen LogP contribution in [0.15, 0.2) is 115 Å². The van der Waals surface area contributed by atoms with Gasteiger partial charge in [0.25, 0.3) is 0 Å². The van der Waals surface area contributed by atoms with Gasteiger partial charge in [-0.2, -0.15) is 0 Å². The third kappa shape index (κ3) is 7.82. The van der Waals surface area contributed by atoms with Crippen LogP contribution in [0.25, 0.3) is 44.8 Å². The molecule has 2 aliphatic heterocycles. The molecule has 14 heteroatoms. The van der Waals surface area contributed by atoms with Crippen LogP contribution in [0.4, 0.5) is 17.1 Å². The number of nitrogens with zero attached hydrogens (tertiary/aromatic N) is 4. The van der Waals surface area contributed by atoms with E-state index in [1.54, 1.807) is 6.07 Å². The van der Waals surface area contributed by atoms with Gasteiger partial charge in [0.15, 0.2) is 5.60 Å². The molecule has 0 saturated carbocycles. The number of likely N-dealkylation sites (N-methyl/N-ethyl adjacent to an activating group) is 1. The molecule has 4 heterocycles. The Kier molecular flexibility index (Phi) is 11.3. The Hall–Kier alpha value is -7.39. The van der Waals surface area contributed by atoms with E-state index in [4.69, 9.17) is 24.2 Å². The van der Waals surface area contributed by atoms with Crippen molar-refractivity contribution in [3.8, 4) is 40.0 Å². The standard InChI is InChI=1S/C52H53N9O5/c1-53-24-25-54-33-14-22-42-44(28-33)59-49(57-42)32-13-21-41-43(27-32)58-48(56-41)31-11-17-36(18-12-31)64-26-7-6-23-55-50(62)37-9-8-10-40-47(37)51(63)66-52(40)38-19-15-34(60(2)3)29-45(38)65-46-30-35(61(4)5)16-20-39(46)52/h8-22,27-30,50,53-55,62H,6-7,23-26H2,1-5H3,(H,56,58)(H,57,59). The number of rotatable bonds is 16. The molecule has 10 rings (SSSR count). The molecule has 6 aromatic carbocycles. The number of aromatic amines is 2. The van der Waals surface area contributed by atoms with Crippen molar-refractivity contribution in [1.82, 2.24) is 30.6 Å². The van der Waals surface area contributed by atoms with Gasteiger partial charge in [0.05, 0.1) is 34.2 Å². The molecular formula is C52H53N9O5. The van der Waals surface area contributed by atoms with Crippen molar-refractivity contribution < 1.29 is 24.1 Å². The molecule has 1 atom stereocenters. The summed E-state index contributed by atoms with van der Waals surface area (Å²) in [4.78, 5) is 34.6. The lowest BCUT2D eigenvalue weighted by Crippen LogP contribution is -2.33. The smallest absolute Gasteiger partial charge is 0.340 e. The number of fused-ring (bicyclic) bond motifs is 8. The number of carbonyl (C=O) groups excluding carboxylic acids is 1. The summed E-state index contributed by atoms with van der Waals surface area (Å²) < 4.78 is 19.1. The van der Waals surface area contributed by atoms with Crippen LogP contribution in [0, 0.1) is 0 Å². The second-order valence-electron chi connectivity index (χ2n) is 17.2. The number of aromatic nitrogens is 4. The monoisotopic (exact) mass is 883 g/mol. The van der Waals surface area contributed by atoms with Crippen molar-refractivity contribution in [1.29, 1.82) is 0 Å². The Labute approximate surface area is 383 Å². The minimum atomic E-state index is -1.25. The Morgan fingerprint density at radius 3 is 2.05 bits per heavy atom. The van der Waals surface area contributed by atoms with E-state index in [2.05, 4.69) is 44.1 Å². The van der Waals surface area contributed by atoms with Crippen molar-refractivity contribution in [3.05, 3.63) is 143 Å². The van der Waals surface area contributed by atoms with Crippen molar-refractivity contribution in [2.75, 3.05) is 76.6 Å². The Bertz CT molecular complexity index is 3030. The highest BCUT2D eigenvalue weighted by Crippen LogP contribution is 2.57. The zero-order valence-electron chi connectivity index (χ0n) is 37.7. The SMILES string of the molecule is CNCCNc1ccc2nc(-c3ccc4nc(-c5ccc(OCCCCNC(O)c6cccc7c6C(=O)OC76c7ccc(N(C)C)cc7Oc7cc(N(C)C)ccc76)cc5)[nH]c4c3)[nH]c2c1. The number of ether oxygens (including phenoxy) is 3. The van der Waals surface area contributed by atoms with E-state index in [9.17, 15) is 9.90 Å². The summed E-state index contributed by atoms with van der Waals surface area (Å²) in [6.07, 6.45) is 0.397. The first kappa shape index (κ1) is 42.6. The number of hydrogen-bond donors (Lipinski definition) is 6. The average Bonchev–Trinajstić information content (AvgIpc) is 4.04. The molecule has 2 aromatic heterocycles. The molecule has 0 bridgehead atoms. The first-order valence-electron chi connectivity index (χ1n) is 22.3. The van der Waals surface area contributed by atoms with Crippen LogP contribution in [0.5, 0.6) is 17.2 Å². The summed E-state index contributed by atoms with van der Waals surface area (Å²) in [6, 6.07) is 37.6. The number of nitrogens with one attached hydrogen (secondary N) is 5. The van der Waals surface area contributed by atoms with Gasteiger partial charge in [-0.25, -0.2) is 14.8 Å². The molecule has 0 aliphatic carbocycles. The van der Waals surface area contributed by atoms with Gasteiger partial charge in [-0.15, -0.1) is 0 Å². The molecule has 1 unspecified atom stereocenters. The van der Waals surface area contributed by atoms with Crippen LogP contribution in [0.1, 0.15) is 51.7 Å². The quantitative estimate of drug-likeness (QED) is 0.0312. The topological polar surface area (TPSA) is 165 Å². The number of anilines is 3. The maximum Gasteiger partial charge on any atom is 0.340 e. The van der Waals surface area contributed by atoms with E-state index in [1.807, 2.05) is 136 Å². The molecule has 0 amide bonds. The van der Waals surface area contributed by atoms with E-state index in [-0.39, 0.29) is 0 Å². The van der Waals surface area contributed by atoms with E-state index >= 15 is 0 Å². The fraction of sp³-hybridized carbons (Fsp3) is 0.250. The number of aliphatic hydroxyl groups excluding tert-OH is 1. The molecule has 66 heavy (non-hydrogen) atoms. The van der Waals surface area contributed by atoms with Crippen molar-refractivity contribution >= 4 is 45.1 Å². The normalized spacial score (nSPS) is 13.8. The molecule has 6 N–H and O–H groups in total. The largest absolute Gasteiger partial charge is 0.494 e. The minimum absolute atomic E-state index is 0.356. The van der Waals surface area contributed by atoms with Gasteiger partial charge in [-0.3, -0.25) is 5.32 Å². The summed E-state index contributed by atoms with van der Waals surface area (Å²) >= 11 is 0. The fourth-order valence-corrected chi connectivity index (χ4v) is 8.91. The number of imidazole rings is 2. The Morgan fingerprint density at radius 1 is 0.712 bits per heavy atom. The number of carbonyl (C=O) groups is 1. The van der Waals surface area contributed by atoms with Crippen LogP contribution < -0.4 is 35.2 Å². The van der Waals surface area contributed by atoms with E-state index in [0.717, 1.165) is 105 Å². The molecule has 336 valence electrons. The highest BCUT2D eigenvalue weighted by molar-refractivity contribution is 5.99.